The molecule has 0 unspecified atom stereocenters. The van der Waals surface area contributed by atoms with Crippen molar-refractivity contribution in [1.29, 1.82) is 0 Å². The van der Waals surface area contributed by atoms with Crippen molar-refractivity contribution in [3.05, 3.63) is 24.3 Å². The molecule has 0 bridgehead atoms. The second-order valence-electron chi connectivity index (χ2n) is 5.21. The average Bonchev–Trinajstić information content (AvgIpc) is 2.86. The number of hydrogen-bond donors (Lipinski definition) is 1. The smallest absolute Gasteiger partial charge is 0.240 e. The second-order valence-corrected chi connectivity index (χ2v) is 6.98. The van der Waals surface area contributed by atoms with Crippen LogP contribution >= 0.6 is 0 Å². The van der Waals surface area contributed by atoms with E-state index in [0.29, 0.717) is 25.3 Å². The van der Waals surface area contributed by atoms with Crippen LogP contribution in [0.2, 0.25) is 0 Å². The number of ether oxygens (including phenoxy) is 1. The third kappa shape index (κ3) is 4.37. The molecule has 0 atom stereocenters. The number of methoxy groups -OCH3 is 1. The van der Waals surface area contributed by atoms with E-state index in [1.54, 1.807) is 7.11 Å². The summed E-state index contributed by atoms with van der Waals surface area (Å²) >= 11 is 0. The highest BCUT2D eigenvalue weighted by atomic mass is 32.2. The Morgan fingerprint density at radius 1 is 1.09 bits per heavy atom. The lowest BCUT2D eigenvalue weighted by atomic mass is 10.3. The van der Waals surface area contributed by atoms with Crippen molar-refractivity contribution in [3.8, 4) is 0 Å². The van der Waals surface area contributed by atoms with Crippen LogP contribution in [0.4, 0.5) is 5.69 Å². The number of nitrogens with zero attached hydrogens (tertiary/aromatic N) is 1. The summed E-state index contributed by atoms with van der Waals surface area (Å²) in [6.45, 7) is 0.921. The predicted molar refractivity (Wildman–Crippen MR) is 84.5 cm³/mol. The SMILES string of the molecule is COCCCCNS(=O)(=O)c1ccc(N2C(=O)CCC2=O)cc1. The molecule has 2 amide bonds. The van der Waals surface area contributed by atoms with Crippen LogP contribution in [-0.2, 0) is 24.3 Å². The normalized spacial score (nSPS) is 15.4. The van der Waals surface area contributed by atoms with Gasteiger partial charge in [-0.3, -0.25) is 14.5 Å². The van der Waals surface area contributed by atoms with E-state index in [0.717, 1.165) is 11.3 Å². The van der Waals surface area contributed by atoms with Gasteiger partial charge in [-0.25, -0.2) is 13.1 Å². The van der Waals surface area contributed by atoms with Crippen LogP contribution < -0.4 is 9.62 Å². The van der Waals surface area contributed by atoms with Gasteiger partial charge in [0.1, 0.15) is 0 Å². The molecule has 1 aliphatic rings. The molecule has 0 spiro atoms. The van der Waals surface area contributed by atoms with Crippen molar-refractivity contribution < 1.29 is 22.7 Å². The number of nitrogens with one attached hydrogen (secondary N) is 1. The van der Waals surface area contributed by atoms with Gasteiger partial charge in [-0.05, 0) is 37.1 Å². The van der Waals surface area contributed by atoms with Gasteiger partial charge < -0.3 is 4.74 Å². The van der Waals surface area contributed by atoms with Gasteiger partial charge in [0.15, 0.2) is 0 Å². The molecule has 1 heterocycles. The molecule has 1 aromatic carbocycles. The molecule has 1 fully saturated rings. The first kappa shape index (κ1) is 17.6. The van der Waals surface area contributed by atoms with Gasteiger partial charge in [0, 0.05) is 33.1 Å². The van der Waals surface area contributed by atoms with E-state index in [1.165, 1.54) is 24.3 Å². The lowest BCUT2D eigenvalue weighted by molar-refractivity contribution is -0.121. The van der Waals surface area contributed by atoms with Crippen molar-refractivity contribution in [1.82, 2.24) is 4.72 Å². The van der Waals surface area contributed by atoms with E-state index in [2.05, 4.69) is 4.72 Å². The van der Waals surface area contributed by atoms with Gasteiger partial charge in [0.2, 0.25) is 21.8 Å². The largest absolute Gasteiger partial charge is 0.385 e. The Bertz CT molecular complexity index is 654. The fraction of sp³-hybridized carbons (Fsp3) is 0.467. The number of anilines is 1. The fourth-order valence-corrected chi connectivity index (χ4v) is 3.37. The van der Waals surface area contributed by atoms with E-state index in [9.17, 15) is 18.0 Å². The lowest BCUT2D eigenvalue weighted by Gasteiger charge is -2.14. The van der Waals surface area contributed by atoms with Crippen LogP contribution in [0.5, 0.6) is 0 Å². The zero-order valence-corrected chi connectivity index (χ0v) is 13.8. The number of amides is 2. The Hall–Kier alpha value is -1.77. The first-order valence-electron chi connectivity index (χ1n) is 7.40. The van der Waals surface area contributed by atoms with Crippen molar-refractivity contribution in [2.75, 3.05) is 25.2 Å². The molecule has 126 valence electrons. The summed E-state index contributed by atoms with van der Waals surface area (Å²) in [6.07, 6.45) is 1.85. The minimum atomic E-state index is -3.59. The summed E-state index contributed by atoms with van der Waals surface area (Å²) in [5, 5.41) is 0. The van der Waals surface area contributed by atoms with E-state index in [4.69, 9.17) is 4.74 Å². The lowest BCUT2D eigenvalue weighted by Crippen LogP contribution is -2.29. The number of unbranched alkanes of at least 4 members (excludes halogenated alkanes) is 1. The highest BCUT2D eigenvalue weighted by molar-refractivity contribution is 7.89. The van der Waals surface area contributed by atoms with Gasteiger partial charge >= 0.3 is 0 Å². The van der Waals surface area contributed by atoms with Crippen molar-refractivity contribution in [2.24, 2.45) is 0 Å². The van der Waals surface area contributed by atoms with Crippen LogP contribution in [0.1, 0.15) is 25.7 Å². The molecule has 1 aliphatic heterocycles. The molecule has 1 aromatic rings. The first-order chi connectivity index (χ1) is 11.0. The Morgan fingerprint density at radius 3 is 2.26 bits per heavy atom. The Labute approximate surface area is 135 Å². The minimum Gasteiger partial charge on any atom is -0.385 e. The molecule has 7 nitrogen and oxygen atoms in total. The molecule has 23 heavy (non-hydrogen) atoms. The van der Waals surface area contributed by atoms with Gasteiger partial charge in [-0.1, -0.05) is 0 Å². The fourth-order valence-electron chi connectivity index (χ4n) is 2.30. The Balaban J connectivity index is 2.01. The second kappa shape index (κ2) is 7.67. The molecular weight excluding hydrogens is 320 g/mol. The van der Waals surface area contributed by atoms with Crippen molar-refractivity contribution in [2.45, 2.75) is 30.6 Å². The maximum absolute atomic E-state index is 12.1. The highest BCUT2D eigenvalue weighted by Crippen LogP contribution is 2.23. The number of rotatable bonds is 8. The van der Waals surface area contributed by atoms with Gasteiger partial charge in [0.25, 0.3) is 0 Å². The molecule has 0 aliphatic carbocycles. The average molecular weight is 340 g/mol. The molecule has 0 aromatic heterocycles. The monoisotopic (exact) mass is 340 g/mol. The van der Waals surface area contributed by atoms with Crippen LogP contribution in [0, 0.1) is 0 Å². The van der Waals surface area contributed by atoms with Gasteiger partial charge in [-0.15, -0.1) is 0 Å². The van der Waals surface area contributed by atoms with Crippen molar-refractivity contribution in [3.63, 3.8) is 0 Å². The molecular formula is C15H20N2O5S. The molecule has 2 rings (SSSR count). The number of carbonyl (C=O) groups is 2. The third-order valence-corrected chi connectivity index (χ3v) is 5.00. The number of sulfonamides is 1. The number of benzene rings is 1. The molecule has 8 heteroatoms. The Morgan fingerprint density at radius 2 is 1.70 bits per heavy atom. The topological polar surface area (TPSA) is 92.8 Å². The molecule has 1 saturated heterocycles. The minimum absolute atomic E-state index is 0.104. The van der Waals surface area contributed by atoms with Crippen LogP contribution in [-0.4, -0.2) is 40.5 Å². The number of hydrogen-bond acceptors (Lipinski definition) is 5. The third-order valence-electron chi connectivity index (χ3n) is 3.52. The zero-order chi connectivity index (χ0) is 16.9. The van der Waals surface area contributed by atoms with E-state index in [1.807, 2.05) is 0 Å². The summed E-state index contributed by atoms with van der Waals surface area (Å²) in [4.78, 5) is 24.5. The van der Waals surface area contributed by atoms with Crippen LogP contribution in [0.15, 0.2) is 29.2 Å². The number of imide groups is 1. The summed E-state index contributed by atoms with van der Waals surface area (Å²) in [7, 11) is -2.00. The highest BCUT2D eigenvalue weighted by Gasteiger charge is 2.30. The summed E-state index contributed by atoms with van der Waals surface area (Å²) in [5.74, 6) is -0.524. The first-order valence-corrected chi connectivity index (χ1v) is 8.88. The van der Waals surface area contributed by atoms with Gasteiger partial charge in [-0.2, -0.15) is 0 Å². The number of carbonyl (C=O) groups excluding carboxylic acids is 2. The zero-order valence-electron chi connectivity index (χ0n) is 12.9. The van der Waals surface area contributed by atoms with E-state index < -0.39 is 10.0 Å². The van der Waals surface area contributed by atoms with Crippen LogP contribution in [0.3, 0.4) is 0 Å². The summed E-state index contributed by atoms with van der Waals surface area (Å²) in [5.41, 5.74) is 0.400. The molecule has 0 saturated carbocycles. The molecule has 1 N–H and O–H groups in total. The summed E-state index contributed by atoms with van der Waals surface area (Å²) < 4.78 is 31.7. The maximum atomic E-state index is 12.1. The predicted octanol–water partition coefficient (Wildman–Crippen LogP) is 1.04. The van der Waals surface area contributed by atoms with E-state index >= 15 is 0 Å². The van der Waals surface area contributed by atoms with Crippen LogP contribution in [0.25, 0.3) is 0 Å². The van der Waals surface area contributed by atoms with Crippen molar-refractivity contribution >= 4 is 27.5 Å². The maximum Gasteiger partial charge on any atom is 0.240 e. The molecule has 0 radical (unpaired) electrons. The standard InChI is InChI=1S/C15H20N2O5S/c1-22-11-3-2-10-16-23(20,21)13-6-4-12(5-7-13)17-14(18)8-9-15(17)19/h4-7,16H,2-3,8-11H2,1H3. The quantitative estimate of drug-likeness (QED) is 0.564. The van der Waals surface area contributed by atoms with E-state index in [-0.39, 0.29) is 29.6 Å². The van der Waals surface area contributed by atoms with Gasteiger partial charge in [0.05, 0.1) is 10.6 Å². The Kier molecular flexibility index (Phi) is 5.86. The summed E-state index contributed by atoms with van der Waals surface area (Å²) in [6, 6.07) is 5.73.